The Balaban J connectivity index is 1.13. The number of carbonyl (C=O) groups is 2. The van der Waals surface area contributed by atoms with Crippen LogP contribution in [-0.4, -0.2) is 52.1 Å². The van der Waals surface area contributed by atoms with Crippen LogP contribution in [0.5, 0.6) is 0 Å². The summed E-state index contributed by atoms with van der Waals surface area (Å²) < 4.78 is 18.0. The minimum atomic E-state index is -0.825. The lowest BCUT2D eigenvalue weighted by atomic mass is 9.98. The Kier molecular flexibility index (Phi) is 12.4. The molecule has 51 heavy (non-hydrogen) atoms. The SMILES string of the molecule is COC(=O)[C@H](Cc1ccccc1)NC(=O)NCc1ccccc1-c1ccc([C@@H]2O[C@H](CSc3ncccn3)C[C@H](c3ccc(CO)cc3)O2)cc1. The van der Waals surface area contributed by atoms with Crippen LogP contribution in [0.3, 0.4) is 0 Å². The molecule has 10 nitrogen and oxygen atoms in total. The topological polar surface area (TPSA) is 132 Å². The molecule has 11 heteroatoms. The van der Waals surface area contributed by atoms with Crippen LogP contribution >= 0.6 is 11.8 Å². The van der Waals surface area contributed by atoms with E-state index in [-0.39, 0.29) is 25.4 Å². The highest BCUT2D eigenvalue weighted by Gasteiger charge is 2.32. The van der Waals surface area contributed by atoms with Gasteiger partial charge in [0.05, 0.1) is 25.9 Å². The van der Waals surface area contributed by atoms with E-state index in [1.165, 1.54) is 7.11 Å². The van der Waals surface area contributed by atoms with Gasteiger partial charge in [0.2, 0.25) is 0 Å². The lowest BCUT2D eigenvalue weighted by molar-refractivity contribution is -0.245. The number of benzene rings is 4. The molecular weight excluding hydrogens is 665 g/mol. The lowest BCUT2D eigenvalue weighted by Crippen LogP contribution is -2.47. The lowest BCUT2D eigenvalue weighted by Gasteiger charge is -2.36. The van der Waals surface area contributed by atoms with Gasteiger partial charge in [0.1, 0.15) is 6.04 Å². The summed E-state index contributed by atoms with van der Waals surface area (Å²) in [5.74, 6) is 0.148. The highest BCUT2D eigenvalue weighted by atomic mass is 32.2. The summed E-state index contributed by atoms with van der Waals surface area (Å²) in [6, 6.07) is 33.7. The average Bonchev–Trinajstić information content (AvgIpc) is 3.19. The van der Waals surface area contributed by atoms with Gasteiger partial charge in [-0.1, -0.05) is 115 Å². The van der Waals surface area contributed by atoms with Crippen molar-refractivity contribution in [3.63, 3.8) is 0 Å². The van der Waals surface area contributed by atoms with Gasteiger partial charge in [0, 0.05) is 43.1 Å². The van der Waals surface area contributed by atoms with Crippen molar-refractivity contribution >= 4 is 23.8 Å². The van der Waals surface area contributed by atoms with Crippen molar-refractivity contribution in [3.05, 3.63) is 149 Å². The molecule has 1 aliphatic heterocycles. The molecule has 1 fully saturated rings. The summed E-state index contributed by atoms with van der Waals surface area (Å²) in [4.78, 5) is 34.1. The number of methoxy groups -OCH3 is 1. The number of hydrogen-bond donors (Lipinski definition) is 3. The van der Waals surface area contributed by atoms with Crippen LogP contribution in [0.2, 0.25) is 0 Å². The van der Waals surface area contributed by atoms with Gasteiger partial charge in [0.15, 0.2) is 11.4 Å². The number of nitrogens with one attached hydrogen (secondary N) is 2. The number of ether oxygens (including phenoxy) is 3. The van der Waals surface area contributed by atoms with Gasteiger partial charge in [0.25, 0.3) is 0 Å². The number of esters is 1. The summed E-state index contributed by atoms with van der Waals surface area (Å²) in [7, 11) is 1.31. The molecule has 0 saturated carbocycles. The molecule has 5 aromatic rings. The van der Waals surface area contributed by atoms with Crippen molar-refractivity contribution in [1.82, 2.24) is 20.6 Å². The average molecular weight is 705 g/mol. The molecule has 1 saturated heterocycles. The number of aromatic nitrogens is 2. The maximum atomic E-state index is 12.9. The molecule has 0 aliphatic carbocycles. The van der Waals surface area contributed by atoms with Crippen LogP contribution in [0.15, 0.2) is 127 Å². The normalized spacial score (nSPS) is 17.6. The largest absolute Gasteiger partial charge is 0.467 e. The molecular formula is C40H40N4O6S. The number of aliphatic hydroxyl groups is 1. The summed E-state index contributed by atoms with van der Waals surface area (Å²) in [6.45, 7) is 0.232. The minimum absolute atomic E-state index is 0.0166. The van der Waals surface area contributed by atoms with E-state index in [2.05, 4.69) is 20.6 Å². The first-order valence-electron chi connectivity index (χ1n) is 16.7. The third-order valence-corrected chi connectivity index (χ3v) is 9.59. The van der Waals surface area contributed by atoms with E-state index in [9.17, 15) is 14.7 Å². The van der Waals surface area contributed by atoms with E-state index < -0.39 is 24.3 Å². The molecule has 0 unspecified atom stereocenters. The Hall–Kier alpha value is -5.07. The minimum Gasteiger partial charge on any atom is -0.467 e. The number of hydrogen-bond acceptors (Lipinski definition) is 9. The van der Waals surface area contributed by atoms with Crippen molar-refractivity contribution in [2.45, 2.75) is 55.7 Å². The summed E-state index contributed by atoms with van der Waals surface area (Å²) in [5, 5.41) is 15.9. The smallest absolute Gasteiger partial charge is 0.328 e. The number of carbonyl (C=O) groups excluding carboxylic acids is 2. The first-order valence-corrected chi connectivity index (χ1v) is 17.7. The van der Waals surface area contributed by atoms with Gasteiger partial charge >= 0.3 is 12.0 Å². The van der Waals surface area contributed by atoms with E-state index in [0.717, 1.165) is 38.9 Å². The monoisotopic (exact) mass is 704 g/mol. The Morgan fingerprint density at radius 2 is 1.57 bits per heavy atom. The maximum absolute atomic E-state index is 12.9. The molecule has 2 amide bonds. The van der Waals surface area contributed by atoms with Crippen LogP contribution in [0, 0.1) is 0 Å². The molecule has 0 bridgehead atoms. The molecule has 1 aliphatic rings. The van der Waals surface area contributed by atoms with Crippen LogP contribution in [0.4, 0.5) is 4.79 Å². The maximum Gasteiger partial charge on any atom is 0.328 e. The molecule has 262 valence electrons. The first-order chi connectivity index (χ1) is 25.0. The second-order valence-corrected chi connectivity index (χ2v) is 13.1. The molecule has 0 radical (unpaired) electrons. The molecule has 4 atom stereocenters. The van der Waals surface area contributed by atoms with Gasteiger partial charge in [-0.2, -0.15) is 0 Å². The number of amides is 2. The third kappa shape index (κ3) is 9.80. The third-order valence-electron chi connectivity index (χ3n) is 8.58. The second-order valence-electron chi connectivity index (χ2n) is 12.1. The number of nitrogens with zero attached hydrogens (tertiary/aromatic N) is 2. The Labute approximate surface area is 301 Å². The summed E-state index contributed by atoms with van der Waals surface area (Å²) in [6.07, 6.45) is 3.51. The van der Waals surface area contributed by atoms with Crippen molar-refractivity contribution < 1.29 is 28.9 Å². The fourth-order valence-corrected chi connectivity index (χ4v) is 6.72. The zero-order chi connectivity index (χ0) is 35.4. The molecule has 2 heterocycles. The highest BCUT2D eigenvalue weighted by molar-refractivity contribution is 7.99. The predicted molar refractivity (Wildman–Crippen MR) is 194 cm³/mol. The fraction of sp³-hybridized carbons (Fsp3) is 0.250. The Bertz CT molecular complexity index is 1860. The number of rotatable bonds is 13. The quantitative estimate of drug-likeness (QED) is 0.0709. The standard InChI is InChI=1S/C40H40N4O6S/c1-48-37(46)35(22-27-8-3-2-4-9-27)44-39(47)43-24-32-10-5-6-11-34(32)29-16-18-31(19-17-29)38-49-33(26-51-40-41-20-7-21-42-40)23-36(50-38)30-14-12-28(25-45)13-15-30/h2-21,33,35-36,38,45H,22-26H2,1H3,(H2,43,44,47)/t33-,35-,36+,38+/m0/s1. The second kappa shape index (κ2) is 17.7. The van der Waals surface area contributed by atoms with Crippen LogP contribution in [-0.2, 0) is 38.6 Å². The van der Waals surface area contributed by atoms with E-state index in [1.54, 1.807) is 30.2 Å². The van der Waals surface area contributed by atoms with Crippen molar-refractivity contribution in [2.24, 2.45) is 0 Å². The van der Waals surface area contributed by atoms with Crippen LogP contribution < -0.4 is 10.6 Å². The van der Waals surface area contributed by atoms with Gasteiger partial charge in [-0.25, -0.2) is 19.6 Å². The number of urea groups is 1. The summed E-state index contributed by atoms with van der Waals surface area (Å²) in [5.41, 5.74) is 6.49. The Morgan fingerprint density at radius 3 is 2.29 bits per heavy atom. The van der Waals surface area contributed by atoms with Gasteiger partial charge < -0.3 is 30.0 Å². The first kappa shape index (κ1) is 35.7. The molecule has 1 aromatic heterocycles. The predicted octanol–water partition coefficient (Wildman–Crippen LogP) is 6.56. The highest BCUT2D eigenvalue weighted by Crippen LogP contribution is 2.39. The zero-order valence-corrected chi connectivity index (χ0v) is 29.0. The van der Waals surface area contributed by atoms with Crippen LogP contribution in [0.25, 0.3) is 11.1 Å². The molecule has 3 N–H and O–H groups in total. The van der Waals surface area contributed by atoms with E-state index in [4.69, 9.17) is 14.2 Å². The van der Waals surface area contributed by atoms with Gasteiger partial charge in [-0.05, 0) is 39.4 Å². The van der Waals surface area contributed by atoms with Crippen molar-refractivity contribution in [1.29, 1.82) is 0 Å². The van der Waals surface area contributed by atoms with E-state index >= 15 is 0 Å². The van der Waals surface area contributed by atoms with E-state index in [0.29, 0.717) is 23.8 Å². The van der Waals surface area contributed by atoms with Crippen molar-refractivity contribution in [3.8, 4) is 11.1 Å². The van der Waals surface area contributed by atoms with Crippen molar-refractivity contribution in [2.75, 3.05) is 12.9 Å². The Morgan fingerprint density at radius 1 is 0.863 bits per heavy atom. The molecule has 4 aromatic carbocycles. The zero-order valence-electron chi connectivity index (χ0n) is 28.2. The molecule has 6 rings (SSSR count). The summed E-state index contributed by atoms with van der Waals surface area (Å²) >= 11 is 1.55. The number of thioether (sulfide) groups is 1. The molecule has 0 spiro atoms. The van der Waals surface area contributed by atoms with E-state index in [1.807, 2.05) is 103 Å². The van der Waals surface area contributed by atoms with Gasteiger partial charge in [-0.3, -0.25) is 0 Å². The van der Waals surface area contributed by atoms with Crippen LogP contribution in [0.1, 0.15) is 46.6 Å². The number of aliphatic hydroxyl groups excluding tert-OH is 1. The van der Waals surface area contributed by atoms with Gasteiger partial charge in [-0.15, -0.1) is 0 Å². The fourth-order valence-electron chi connectivity index (χ4n) is 5.90.